The predicted octanol–water partition coefficient (Wildman–Crippen LogP) is 2.85. The molecule has 1 heteroatoms. The van der Waals surface area contributed by atoms with Gasteiger partial charge in [-0.15, -0.1) is 0 Å². The third-order valence-electron chi connectivity index (χ3n) is 1.78. The molecule has 0 unspecified atom stereocenters. The fourth-order valence-corrected chi connectivity index (χ4v) is 0.944. The Kier molecular flexibility index (Phi) is 7.04. The molecule has 0 aliphatic heterocycles. The molecule has 62 valence electrons. The molecule has 0 aromatic carbocycles. The molecule has 0 aromatic heterocycles. The number of hydrogen-bond acceptors (Lipinski definition) is 1. The first-order chi connectivity index (χ1) is 4.93. The minimum absolute atomic E-state index is 0.885. The predicted molar refractivity (Wildman–Crippen MR) is 45.2 cm³/mol. The Labute approximate surface area is 64.8 Å². The van der Waals surface area contributed by atoms with Gasteiger partial charge in [-0.05, 0) is 25.7 Å². The second-order valence-electron chi connectivity index (χ2n) is 2.46. The first kappa shape index (κ1) is 9.96. The maximum Gasteiger partial charge on any atom is 0.0494 e. The molecule has 1 aliphatic rings. The topological polar surface area (TPSA) is 9.23 Å². The van der Waals surface area contributed by atoms with Crippen molar-refractivity contribution in [3.05, 3.63) is 0 Å². The van der Waals surface area contributed by atoms with E-state index in [9.17, 15) is 0 Å². The molecule has 0 saturated heterocycles. The number of hydrogen-bond donors (Lipinski definition) is 0. The molecule has 0 spiro atoms. The van der Waals surface area contributed by atoms with E-state index < -0.39 is 0 Å². The van der Waals surface area contributed by atoms with E-state index in [2.05, 4.69) is 6.92 Å². The molecule has 0 radical (unpaired) electrons. The summed E-state index contributed by atoms with van der Waals surface area (Å²) in [6.07, 6.45) is 4.23. The van der Waals surface area contributed by atoms with Gasteiger partial charge in [0.25, 0.3) is 0 Å². The van der Waals surface area contributed by atoms with E-state index in [1.54, 1.807) is 0 Å². The lowest BCUT2D eigenvalue weighted by Gasteiger charge is -2.24. The van der Waals surface area contributed by atoms with Crippen molar-refractivity contribution >= 4 is 0 Å². The number of rotatable bonds is 3. The minimum atomic E-state index is 0.885. The van der Waals surface area contributed by atoms with Crippen LogP contribution in [-0.4, -0.2) is 13.2 Å². The highest BCUT2D eigenvalue weighted by Gasteiger charge is 2.16. The molecule has 0 N–H and O–H groups in total. The molecule has 10 heavy (non-hydrogen) atoms. The lowest BCUT2D eigenvalue weighted by Crippen LogP contribution is -2.17. The Bertz CT molecular complexity index is 57.7. The lowest BCUT2D eigenvalue weighted by atomic mass is 9.86. The molecule has 1 aliphatic carbocycles. The summed E-state index contributed by atoms with van der Waals surface area (Å²) in [5.74, 6) is 0.912. The second kappa shape index (κ2) is 7.07. The maximum absolute atomic E-state index is 5.24. The van der Waals surface area contributed by atoms with E-state index in [0.717, 1.165) is 19.1 Å². The molecule has 0 atom stereocenters. The van der Waals surface area contributed by atoms with E-state index in [0.29, 0.717) is 0 Å². The quantitative estimate of drug-likeness (QED) is 0.592. The van der Waals surface area contributed by atoms with Crippen LogP contribution in [0.4, 0.5) is 0 Å². The van der Waals surface area contributed by atoms with Crippen molar-refractivity contribution < 1.29 is 4.74 Å². The average molecular weight is 144 g/mol. The summed E-state index contributed by atoms with van der Waals surface area (Å²) in [6, 6.07) is 0. The highest BCUT2D eigenvalue weighted by atomic mass is 16.5. The molecular formula is C9H20O. The summed E-state index contributed by atoms with van der Waals surface area (Å²) in [4.78, 5) is 0. The van der Waals surface area contributed by atoms with Gasteiger partial charge in [0.1, 0.15) is 0 Å². The van der Waals surface area contributed by atoms with Crippen LogP contribution >= 0.6 is 0 Å². The van der Waals surface area contributed by atoms with Gasteiger partial charge in [-0.1, -0.05) is 20.3 Å². The third kappa shape index (κ3) is 3.89. The molecule has 1 fully saturated rings. The second-order valence-corrected chi connectivity index (χ2v) is 2.46. The van der Waals surface area contributed by atoms with Gasteiger partial charge >= 0.3 is 0 Å². The smallest absolute Gasteiger partial charge is 0.0494 e. The van der Waals surface area contributed by atoms with E-state index >= 15 is 0 Å². The Morgan fingerprint density at radius 3 is 2.20 bits per heavy atom. The summed E-state index contributed by atoms with van der Waals surface area (Å²) in [5.41, 5.74) is 0. The molecular weight excluding hydrogens is 124 g/mol. The van der Waals surface area contributed by atoms with Crippen molar-refractivity contribution in [3.8, 4) is 0 Å². The third-order valence-corrected chi connectivity index (χ3v) is 1.78. The Balaban J connectivity index is 0.000000371. The summed E-state index contributed by atoms with van der Waals surface area (Å²) < 4.78 is 5.24. The van der Waals surface area contributed by atoms with Crippen LogP contribution in [-0.2, 0) is 4.74 Å². The molecule has 1 nitrogen and oxygen atoms in total. The Morgan fingerprint density at radius 2 is 1.90 bits per heavy atom. The normalized spacial score (nSPS) is 17.1. The Morgan fingerprint density at radius 1 is 1.30 bits per heavy atom. The fraction of sp³-hybridized carbons (Fsp3) is 1.00. The van der Waals surface area contributed by atoms with Crippen LogP contribution < -0.4 is 0 Å². The van der Waals surface area contributed by atoms with Gasteiger partial charge in [0, 0.05) is 13.2 Å². The van der Waals surface area contributed by atoms with Gasteiger partial charge in [0.05, 0.1) is 0 Å². The average Bonchev–Trinajstić information content (AvgIpc) is 1.90. The van der Waals surface area contributed by atoms with Gasteiger partial charge in [0.2, 0.25) is 0 Å². The van der Waals surface area contributed by atoms with Crippen LogP contribution in [0, 0.1) is 5.92 Å². The highest BCUT2D eigenvalue weighted by molar-refractivity contribution is 4.67. The van der Waals surface area contributed by atoms with E-state index in [4.69, 9.17) is 4.74 Å². The maximum atomic E-state index is 5.24. The summed E-state index contributed by atoms with van der Waals surface area (Å²) in [6.45, 7) is 7.95. The molecule has 0 heterocycles. The molecule has 0 aromatic rings. The zero-order valence-corrected chi connectivity index (χ0v) is 7.52. The largest absolute Gasteiger partial charge is 0.381 e. The van der Waals surface area contributed by atoms with E-state index in [1.807, 2.05) is 13.8 Å². The molecule has 1 saturated carbocycles. The van der Waals surface area contributed by atoms with E-state index in [-0.39, 0.29) is 0 Å². The van der Waals surface area contributed by atoms with Gasteiger partial charge in [-0.25, -0.2) is 0 Å². The first-order valence-corrected chi connectivity index (χ1v) is 4.51. The van der Waals surface area contributed by atoms with Gasteiger partial charge in [-0.2, -0.15) is 0 Å². The highest BCUT2D eigenvalue weighted by Crippen LogP contribution is 2.25. The monoisotopic (exact) mass is 144 g/mol. The fourth-order valence-electron chi connectivity index (χ4n) is 0.944. The summed E-state index contributed by atoms with van der Waals surface area (Å²) in [5, 5.41) is 0. The van der Waals surface area contributed by atoms with Crippen LogP contribution in [0.25, 0.3) is 0 Å². The lowest BCUT2D eigenvalue weighted by molar-refractivity contribution is 0.0789. The molecule has 0 amide bonds. The molecule has 0 bridgehead atoms. The van der Waals surface area contributed by atoms with Crippen molar-refractivity contribution in [2.24, 2.45) is 5.92 Å². The first-order valence-electron chi connectivity index (χ1n) is 4.51. The van der Waals surface area contributed by atoms with Crippen LogP contribution in [0.3, 0.4) is 0 Å². The van der Waals surface area contributed by atoms with Gasteiger partial charge in [-0.3, -0.25) is 0 Å². The van der Waals surface area contributed by atoms with Crippen LogP contribution in [0.5, 0.6) is 0 Å². The van der Waals surface area contributed by atoms with Gasteiger partial charge in [0.15, 0.2) is 0 Å². The number of ether oxygens (including phenoxy) is 1. The van der Waals surface area contributed by atoms with Crippen molar-refractivity contribution in [1.29, 1.82) is 0 Å². The zero-order valence-electron chi connectivity index (χ0n) is 7.52. The van der Waals surface area contributed by atoms with Crippen molar-refractivity contribution in [2.75, 3.05) is 13.2 Å². The van der Waals surface area contributed by atoms with Gasteiger partial charge < -0.3 is 4.74 Å². The SMILES string of the molecule is CC.CCOCC1CCC1. The summed E-state index contributed by atoms with van der Waals surface area (Å²) >= 11 is 0. The standard InChI is InChI=1S/C7H14O.C2H6/c1-2-8-6-7-4-3-5-7;1-2/h7H,2-6H2,1H3;1-2H3. The van der Waals surface area contributed by atoms with Crippen LogP contribution in [0.2, 0.25) is 0 Å². The zero-order chi connectivity index (χ0) is 7.82. The Hall–Kier alpha value is -0.0400. The van der Waals surface area contributed by atoms with E-state index in [1.165, 1.54) is 19.3 Å². The van der Waals surface area contributed by atoms with Crippen LogP contribution in [0.15, 0.2) is 0 Å². The van der Waals surface area contributed by atoms with Crippen LogP contribution in [0.1, 0.15) is 40.0 Å². The van der Waals surface area contributed by atoms with Crippen molar-refractivity contribution in [2.45, 2.75) is 40.0 Å². The summed E-state index contributed by atoms with van der Waals surface area (Å²) in [7, 11) is 0. The van der Waals surface area contributed by atoms with Crippen molar-refractivity contribution in [1.82, 2.24) is 0 Å². The van der Waals surface area contributed by atoms with Crippen molar-refractivity contribution in [3.63, 3.8) is 0 Å². The molecule has 1 rings (SSSR count). The minimum Gasteiger partial charge on any atom is -0.381 e.